The second-order valence-electron chi connectivity index (χ2n) is 6.50. The average Bonchev–Trinajstić information content (AvgIpc) is 2.66. The minimum atomic E-state index is -0.588. The molecule has 3 rings (SSSR count). The number of primary amides is 1. The Morgan fingerprint density at radius 1 is 1.19 bits per heavy atom. The lowest BCUT2D eigenvalue weighted by molar-refractivity contribution is -0.119. The first kappa shape index (κ1) is 18.6. The SMILES string of the molecule is COc1cc(C(=O)NC2CCCc3cc(N)ccc32)ccc1OCC(N)=O. The van der Waals surface area contributed by atoms with Crippen LogP contribution in [0.15, 0.2) is 36.4 Å². The van der Waals surface area contributed by atoms with Gasteiger partial charge in [0.05, 0.1) is 13.2 Å². The summed E-state index contributed by atoms with van der Waals surface area (Å²) in [6.07, 6.45) is 2.83. The standard InChI is InChI=1S/C20H23N3O4/c1-26-18-10-13(5-8-17(18)27-11-19(22)24)20(25)23-16-4-2-3-12-9-14(21)6-7-15(12)16/h5-10,16H,2-4,11,21H2,1H3,(H2,22,24)(H,23,25). The van der Waals surface area contributed by atoms with E-state index >= 15 is 0 Å². The molecule has 0 spiro atoms. The lowest BCUT2D eigenvalue weighted by atomic mass is 9.87. The molecule has 0 radical (unpaired) electrons. The highest BCUT2D eigenvalue weighted by molar-refractivity contribution is 5.95. The van der Waals surface area contributed by atoms with Crippen LogP contribution in [0.2, 0.25) is 0 Å². The van der Waals surface area contributed by atoms with Crippen molar-refractivity contribution in [1.82, 2.24) is 5.32 Å². The monoisotopic (exact) mass is 369 g/mol. The smallest absolute Gasteiger partial charge is 0.255 e. The molecule has 0 heterocycles. The Kier molecular flexibility index (Phi) is 5.49. The number of carbonyl (C=O) groups is 2. The quantitative estimate of drug-likeness (QED) is 0.673. The van der Waals surface area contributed by atoms with E-state index in [-0.39, 0.29) is 18.6 Å². The van der Waals surface area contributed by atoms with Crippen LogP contribution in [0.3, 0.4) is 0 Å². The van der Waals surface area contributed by atoms with Crippen LogP contribution >= 0.6 is 0 Å². The molecule has 1 aliphatic carbocycles. The number of methoxy groups -OCH3 is 1. The molecule has 0 saturated heterocycles. The molecule has 1 unspecified atom stereocenters. The Hall–Kier alpha value is -3.22. The molecule has 0 bridgehead atoms. The summed E-state index contributed by atoms with van der Waals surface area (Å²) >= 11 is 0. The van der Waals surface area contributed by atoms with Gasteiger partial charge in [0.15, 0.2) is 18.1 Å². The molecule has 142 valence electrons. The van der Waals surface area contributed by atoms with E-state index in [0.29, 0.717) is 17.1 Å². The third kappa shape index (κ3) is 4.31. The van der Waals surface area contributed by atoms with E-state index in [0.717, 1.165) is 30.5 Å². The zero-order valence-corrected chi connectivity index (χ0v) is 15.2. The number of nitrogens with two attached hydrogens (primary N) is 2. The highest BCUT2D eigenvalue weighted by Crippen LogP contribution is 2.32. The van der Waals surface area contributed by atoms with Gasteiger partial charge in [-0.1, -0.05) is 6.07 Å². The van der Waals surface area contributed by atoms with Crippen molar-refractivity contribution in [2.45, 2.75) is 25.3 Å². The molecular formula is C20H23N3O4. The Morgan fingerprint density at radius 3 is 2.74 bits per heavy atom. The Labute approximate surface area is 157 Å². The normalized spacial score (nSPS) is 15.5. The lowest BCUT2D eigenvalue weighted by Gasteiger charge is -2.26. The fraction of sp³-hybridized carbons (Fsp3) is 0.300. The maximum absolute atomic E-state index is 12.7. The summed E-state index contributed by atoms with van der Waals surface area (Å²) < 4.78 is 10.5. The molecule has 2 amide bonds. The third-order valence-corrected chi connectivity index (χ3v) is 4.58. The number of hydrogen-bond acceptors (Lipinski definition) is 5. The number of fused-ring (bicyclic) bond motifs is 1. The van der Waals surface area contributed by atoms with Gasteiger partial charge in [-0.05, 0) is 60.7 Å². The fourth-order valence-electron chi connectivity index (χ4n) is 3.30. The zero-order chi connectivity index (χ0) is 19.4. The molecule has 0 aliphatic heterocycles. The van der Waals surface area contributed by atoms with Crippen LogP contribution in [0.1, 0.15) is 40.4 Å². The third-order valence-electron chi connectivity index (χ3n) is 4.58. The molecule has 7 nitrogen and oxygen atoms in total. The summed E-state index contributed by atoms with van der Waals surface area (Å²) in [7, 11) is 1.47. The summed E-state index contributed by atoms with van der Waals surface area (Å²) in [6.45, 7) is -0.260. The van der Waals surface area contributed by atoms with E-state index < -0.39 is 5.91 Å². The maximum atomic E-state index is 12.7. The average molecular weight is 369 g/mol. The number of carbonyl (C=O) groups excluding carboxylic acids is 2. The summed E-state index contributed by atoms with van der Waals surface area (Å²) in [5.74, 6) is -0.0769. The number of anilines is 1. The second kappa shape index (κ2) is 7.99. The van der Waals surface area contributed by atoms with Crippen LogP contribution in [-0.4, -0.2) is 25.5 Å². The van der Waals surface area contributed by atoms with Gasteiger partial charge in [0.25, 0.3) is 11.8 Å². The van der Waals surface area contributed by atoms with E-state index in [1.807, 2.05) is 18.2 Å². The number of ether oxygens (including phenoxy) is 2. The zero-order valence-electron chi connectivity index (χ0n) is 15.2. The Morgan fingerprint density at radius 2 is 2.00 bits per heavy atom. The van der Waals surface area contributed by atoms with E-state index in [1.54, 1.807) is 18.2 Å². The predicted octanol–water partition coefficient (Wildman–Crippen LogP) is 1.95. The summed E-state index contributed by atoms with van der Waals surface area (Å²) in [4.78, 5) is 23.6. The van der Waals surface area contributed by atoms with Crippen molar-refractivity contribution in [3.05, 3.63) is 53.1 Å². The molecule has 0 aromatic heterocycles. The van der Waals surface area contributed by atoms with Gasteiger partial charge in [-0.3, -0.25) is 9.59 Å². The molecule has 7 heteroatoms. The number of nitrogens with one attached hydrogen (secondary N) is 1. The van der Waals surface area contributed by atoms with E-state index in [4.69, 9.17) is 20.9 Å². The Balaban J connectivity index is 1.76. The number of hydrogen-bond donors (Lipinski definition) is 3. The minimum absolute atomic E-state index is 0.0568. The van der Waals surface area contributed by atoms with Gasteiger partial charge in [-0.2, -0.15) is 0 Å². The van der Waals surface area contributed by atoms with Gasteiger partial charge in [0.1, 0.15) is 0 Å². The molecule has 1 atom stereocenters. The van der Waals surface area contributed by atoms with Gasteiger partial charge in [0.2, 0.25) is 0 Å². The topological polar surface area (TPSA) is 117 Å². The molecule has 2 aromatic carbocycles. The molecule has 0 fully saturated rings. The molecule has 0 saturated carbocycles. The highest BCUT2D eigenvalue weighted by atomic mass is 16.5. The van der Waals surface area contributed by atoms with Crippen molar-refractivity contribution in [3.8, 4) is 11.5 Å². The summed E-state index contributed by atoms with van der Waals surface area (Å²) in [5, 5.41) is 3.08. The van der Waals surface area contributed by atoms with Crippen molar-refractivity contribution >= 4 is 17.5 Å². The van der Waals surface area contributed by atoms with Crippen LogP contribution < -0.4 is 26.3 Å². The number of aryl methyl sites for hydroxylation is 1. The van der Waals surface area contributed by atoms with Crippen LogP contribution in [0.25, 0.3) is 0 Å². The summed E-state index contributed by atoms with van der Waals surface area (Å²) in [6, 6.07) is 10.6. The highest BCUT2D eigenvalue weighted by Gasteiger charge is 2.23. The van der Waals surface area contributed by atoms with E-state index in [2.05, 4.69) is 5.32 Å². The van der Waals surface area contributed by atoms with E-state index in [1.165, 1.54) is 12.7 Å². The van der Waals surface area contributed by atoms with Gasteiger partial charge < -0.3 is 26.3 Å². The molecule has 27 heavy (non-hydrogen) atoms. The van der Waals surface area contributed by atoms with Crippen molar-refractivity contribution in [1.29, 1.82) is 0 Å². The summed E-state index contributed by atoms with van der Waals surface area (Å²) in [5.41, 5.74) is 14.4. The molecule has 2 aromatic rings. The fourth-order valence-corrected chi connectivity index (χ4v) is 3.30. The van der Waals surface area contributed by atoms with E-state index in [9.17, 15) is 9.59 Å². The van der Waals surface area contributed by atoms with Crippen molar-refractivity contribution in [3.63, 3.8) is 0 Å². The van der Waals surface area contributed by atoms with Gasteiger partial charge in [0, 0.05) is 11.3 Å². The van der Waals surface area contributed by atoms with Crippen LogP contribution in [0.4, 0.5) is 5.69 Å². The van der Waals surface area contributed by atoms with Crippen LogP contribution in [-0.2, 0) is 11.2 Å². The maximum Gasteiger partial charge on any atom is 0.255 e. The van der Waals surface area contributed by atoms with Crippen molar-refractivity contribution in [2.24, 2.45) is 5.73 Å². The number of rotatable bonds is 6. The predicted molar refractivity (Wildman–Crippen MR) is 102 cm³/mol. The molecular weight excluding hydrogens is 346 g/mol. The van der Waals surface area contributed by atoms with Gasteiger partial charge >= 0.3 is 0 Å². The largest absolute Gasteiger partial charge is 0.493 e. The van der Waals surface area contributed by atoms with Crippen molar-refractivity contribution in [2.75, 3.05) is 19.5 Å². The second-order valence-corrected chi connectivity index (χ2v) is 6.50. The van der Waals surface area contributed by atoms with Gasteiger partial charge in [-0.25, -0.2) is 0 Å². The van der Waals surface area contributed by atoms with Gasteiger partial charge in [-0.15, -0.1) is 0 Å². The van der Waals surface area contributed by atoms with Crippen LogP contribution in [0, 0.1) is 0 Å². The first-order chi connectivity index (χ1) is 13.0. The number of nitrogen functional groups attached to an aromatic ring is 1. The number of amides is 2. The molecule has 5 N–H and O–H groups in total. The first-order valence-electron chi connectivity index (χ1n) is 8.76. The van der Waals surface area contributed by atoms with Crippen LogP contribution in [0.5, 0.6) is 11.5 Å². The molecule has 1 aliphatic rings. The number of benzene rings is 2. The lowest BCUT2D eigenvalue weighted by Crippen LogP contribution is -2.31. The van der Waals surface area contributed by atoms with Crippen molar-refractivity contribution < 1.29 is 19.1 Å². The minimum Gasteiger partial charge on any atom is -0.493 e. The first-order valence-corrected chi connectivity index (χ1v) is 8.76. The Bertz CT molecular complexity index is 866.